The van der Waals surface area contributed by atoms with E-state index in [1.807, 2.05) is 0 Å². The number of fused-ring (bicyclic) bond motifs is 1. The molecule has 104 valence electrons. The minimum atomic E-state index is 0.734. The van der Waals surface area contributed by atoms with Crippen LogP contribution < -0.4 is 5.32 Å². The molecule has 1 fully saturated rings. The summed E-state index contributed by atoms with van der Waals surface area (Å²) in [4.78, 5) is 0. The van der Waals surface area contributed by atoms with Crippen molar-refractivity contribution in [2.45, 2.75) is 70.9 Å². The maximum atomic E-state index is 3.81. The molecule has 0 amide bonds. The molecule has 1 aliphatic heterocycles. The van der Waals surface area contributed by atoms with Crippen molar-refractivity contribution in [3.05, 3.63) is 34.9 Å². The molecule has 1 nitrogen and oxygen atoms in total. The van der Waals surface area contributed by atoms with E-state index in [0.29, 0.717) is 0 Å². The van der Waals surface area contributed by atoms with Crippen LogP contribution in [0.15, 0.2) is 18.2 Å². The van der Waals surface area contributed by atoms with Gasteiger partial charge in [0.1, 0.15) is 0 Å². The lowest BCUT2D eigenvalue weighted by molar-refractivity contribution is 0.340. The van der Waals surface area contributed by atoms with Gasteiger partial charge < -0.3 is 5.32 Å². The second-order valence-corrected chi connectivity index (χ2v) is 6.56. The van der Waals surface area contributed by atoms with Crippen molar-refractivity contribution >= 4 is 0 Å². The lowest BCUT2D eigenvalue weighted by Gasteiger charge is -2.31. The molecule has 0 spiro atoms. The van der Waals surface area contributed by atoms with Gasteiger partial charge in [-0.1, -0.05) is 31.5 Å². The van der Waals surface area contributed by atoms with E-state index in [9.17, 15) is 0 Å². The van der Waals surface area contributed by atoms with E-state index in [1.54, 1.807) is 16.7 Å². The number of hydrogen-bond donors (Lipinski definition) is 1. The SMILES string of the molecule is CCCc1cccc2c1CC(C1CCC(C)N1)CC2. The van der Waals surface area contributed by atoms with Gasteiger partial charge in [0.05, 0.1) is 0 Å². The molecule has 0 saturated carbocycles. The molecule has 3 rings (SSSR count). The van der Waals surface area contributed by atoms with Gasteiger partial charge in [-0.15, -0.1) is 0 Å². The molecule has 0 aromatic heterocycles. The van der Waals surface area contributed by atoms with Crippen molar-refractivity contribution in [2.75, 3.05) is 0 Å². The van der Waals surface area contributed by atoms with E-state index in [4.69, 9.17) is 0 Å². The van der Waals surface area contributed by atoms with E-state index >= 15 is 0 Å². The van der Waals surface area contributed by atoms with Gasteiger partial charge in [-0.3, -0.25) is 0 Å². The highest BCUT2D eigenvalue weighted by molar-refractivity contribution is 5.37. The number of hydrogen-bond acceptors (Lipinski definition) is 1. The molecule has 1 aliphatic carbocycles. The first-order chi connectivity index (χ1) is 9.28. The molecule has 1 aromatic rings. The normalized spacial score (nSPS) is 30.3. The molecule has 1 heterocycles. The van der Waals surface area contributed by atoms with Gasteiger partial charge in [-0.2, -0.15) is 0 Å². The van der Waals surface area contributed by atoms with Crippen molar-refractivity contribution in [2.24, 2.45) is 5.92 Å². The molecule has 2 aliphatic rings. The van der Waals surface area contributed by atoms with Crippen LogP contribution in [-0.4, -0.2) is 12.1 Å². The molecular weight excluding hydrogens is 230 g/mol. The fourth-order valence-electron chi connectivity index (χ4n) is 4.07. The summed E-state index contributed by atoms with van der Waals surface area (Å²) < 4.78 is 0. The summed E-state index contributed by atoms with van der Waals surface area (Å²) in [6, 6.07) is 8.49. The topological polar surface area (TPSA) is 12.0 Å². The predicted octanol–water partition coefficient (Wildman–Crippen LogP) is 3.88. The fraction of sp³-hybridized carbons (Fsp3) is 0.667. The Kier molecular flexibility index (Phi) is 3.93. The Bertz CT molecular complexity index is 437. The predicted molar refractivity (Wildman–Crippen MR) is 81.6 cm³/mol. The second kappa shape index (κ2) is 5.66. The smallest absolute Gasteiger partial charge is 0.0102 e. The Hall–Kier alpha value is -0.820. The van der Waals surface area contributed by atoms with Crippen molar-refractivity contribution < 1.29 is 0 Å². The fourth-order valence-corrected chi connectivity index (χ4v) is 4.07. The first kappa shape index (κ1) is 13.2. The van der Waals surface area contributed by atoms with Crippen LogP contribution in [0.25, 0.3) is 0 Å². The highest BCUT2D eigenvalue weighted by atomic mass is 15.0. The minimum Gasteiger partial charge on any atom is -0.311 e. The Labute approximate surface area is 117 Å². The zero-order valence-corrected chi connectivity index (χ0v) is 12.4. The monoisotopic (exact) mass is 257 g/mol. The molecule has 1 heteroatoms. The van der Waals surface area contributed by atoms with Gasteiger partial charge in [-0.05, 0) is 68.1 Å². The third-order valence-corrected chi connectivity index (χ3v) is 5.12. The largest absolute Gasteiger partial charge is 0.311 e. The Balaban J connectivity index is 1.78. The lowest BCUT2D eigenvalue weighted by atomic mass is 9.77. The number of aryl methyl sites for hydroxylation is 2. The third-order valence-electron chi connectivity index (χ3n) is 5.12. The van der Waals surface area contributed by atoms with Gasteiger partial charge in [0.25, 0.3) is 0 Å². The molecule has 1 aromatic carbocycles. The van der Waals surface area contributed by atoms with Crippen LogP contribution in [-0.2, 0) is 19.3 Å². The quantitative estimate of drug-likeness (QED) is 0.866. The summed E-state index contributed by atoms with van der Waals surface area (Å²) in [7, 11) is 0. The van der Waals surface area contributed by atoms with Crippen LogP contribution in [0.1, 0.15) is 56.2 Å². The Morgan fingerprint density at radius 1 is 1.21 bits per heavy atom. The van der Waals surface area contributed by atoms with Crippen LogP contribution in [0, 0.1) is 5.92 Å². The number of rotatable bonds is 3. The second-order valence-electron chi connectivity index (χ2n) is 6.56. The van der Waals surface area contributed by atoms with Crippen molar-refractivity contribution in [1.82, 2.24) is 5.32 Å². The van der Waals surface area contributed by atoms with E-state index in [0.717, 1.165) is 18.0 Å². The summed E-state index contributed by atoms with van der Waals surface area (Å²) in [6.07, 6.45) is 9.26. The Morgan fingerprint density at radius 2 is 2.11 bits per heavy atom. The van der Waals surface area contributed by atoms with E-state index in [-0.39, 0.29) is 0 Å². The molecule has 0 bridgehead atoms. The van der Waals surface area contributed by atoms with Crippen LogP contribution >= 0.6 is 0 Å². The van der Waals surface area contributed by atoms with Crippen molar-refractivity contribution in [1.29, 1.82) is 0 Å². The average molecular weight is 257 g/mol. The summed E-state index contributed by atoms with van der Waals surface area (Å²) in [6.45, 7) is 4.62. The molecular formula is C18H27N. The first-order valence-corrected chi connectivity index (χ1v) is 8.13. The summed E-state index contributed by atoms with van der Waals surface area (Å²) in [5.74, 6) is 0.871. The van der Waals surface area contributed by atoms with Crippen molar-refractivity contribution in [3.63, 3.8) is 0 Å². The standard InChI is InChI=1S/C18H27N/c1-3-5-14-6-4-7-15-9-10-16(12-17(14)15)18-11-8-13(2)19-18/h4,6-7,13,16,18-19H,3,5,8-12H2,1-2H3. The lowest BCUT2D eigenvalue weighted by Crippen LogP contribution is -2.37. The molecule has 3 unspecified atom stereocenters. The molecule has 0 radical (unpaired) electrons. The maximum absolute atomic E-state index is 3.81. The first-order valence-electron chi connectivity index (χ1n) is 8.13. The van der Waals surface area contributed by atoms with Gasteiger partial charge in [0, 0.05) is 12.1 Å². The summed E-state index contributed by atoms with van der Waals surface area (Å²) in [5, 5.41) is 3.81. The zero-order chi connectivity index (χ0) is 13.2. The highest BCUT2D eigenvalue weighted by Crippen LogP contribution is 2.33. The molecule has 1 saturated heterocycles. The summed E-state index contributed by atoms with van der Waals surface area (Å²) in [5.41, 5.74) is 4.95. The number of nitrogens with one attached hydrogen (secondary N) is 1. The molecule has 19 heavy (non-hydrogen) atoms. The van der Waals surface area contributed by atoms with E-state index in [2.05, 4.69) is 37.4 Å². The van der Waals surface area contributed by atoms with Gasteiger partial charge in [-0.25, -0.2) is 0 Å². The van der Waals surface area contributed by atoms with Gasteiger partial charge >= 0.3 is 0 Å². The minimum absolute atomic E-state index is 0.734. The van der Waals surface area contributed by atoms with Crippen LogP contribution in [0.4, 0.5) is 0 Å². The zero-order valence-electron chi connectivity index (χ0n) is 12.4. The van der Waals surface area contributed by atoms with Crippen LogP contribution in [0.3, 0.4) is 0 Å². The summed E-state index contributed by atoms with van der Waals surface area (Å²) >= 11 is 0. The van der Waals surface area contributed by atoms with E-state index in [1.165, 1.54) is 44.9 Å². The maximum Gasteiger partial charge on any atom is 0.0102 e. The highest BCUT2D eigenvalue weighted by Gasteiger charge is 2.31. The number of benzene rings is 1. The van der Waals surface area contributed by atoms with E-state index < -0.39 is 0 Å². The van der Waals surface area contributed by atoms with Gasteiger partial charge in [0.15, 0.2) is 0 Å². The Morgan fingerprint density at radius 3 is 2.84 bits per heavy atom. The van der Waals surface area contributed by atoms with Gasteiger partial charge in [0.2, 0.25) is 0 Å². The molecule has 1 N–H and O–H groups in total. The van der Waals surface area contributed by atoms with Crippen LogP contribution in [0.5, 0.6) is 0 Å². The third kappa shape index (κ3) is 2.72. The average Bonchev–Trinajstić information content (AvgIpc) is 2.86. The molecule has 3 atom stereocenters. The van der Waals surface area contributed by atoms with Crippen LogP contribution in [0.2, 0.25) is 0 Å². The van der Waals surface area contributed by atoms with Crippen molar-refractivity contribution in [3.8, 4) is 0 Å².